The molecular weight excluding hydrogens is 298 g/mol. The lowest BCUT2D eigenvalue weighted by Crippen LogP contribution is -2.43. The van der Waals surface area contributed by atoms with Crippen LogP contribution in [-0.2, 0) is 0 Å². The van der Waals surface area contributed by atoms with Crippen molar-refractivity contribution in [3.63, 3.8) is 0 Å². The fraction of sp³-hybridized carbons (Fsp3) is 0.312. The Balaban J connectivity index is 2.41. The van der Waals surface area contributed by atoms with Crippen LogP contribution in [0.4, 0.5) is 0 Å². The van der Waals surface area contributed by atoms with Crippen molar-refractivity contribution in [1.29, 1.82) is 0 Å². The summed E-state index contributed by atoms with van der Waals surface area (Å²) >= 11 is 0. The SMILES string of the molecule is C#CCC1(Oc2nc(OC)cc(OC)n2)C=CC=CC1C=NO. The molecule has 0 amide bonds. The summed E-state index contributed by atoms with van der Waals surface area (Å²) in [5.74, 6) is 2.79. The minimum atomic E-state index is -0.965. The lowest BCUT2D eigenvalue weighted by atomic mass is 9.82. The van der Waals surface area contributed by atoms with E-state index in [1.54, 1.807) is 12.2 Å². The summed E-state index contributed by atoms with van der Waals surface area (Å²) in [5, 5.41) is 12.0. The van der Waals surface area contributed by atoms with Gasteiger partial charge in [0.25, 0.3) is 0 Å². The number of allylic oxidation sites excluding steroid dienone is 2. The van der Waals surface area contributed by atoms with Crippen molar-refractivity contribution in [1.82, 2.24) is 9.97 Å². The van der Waals surface area contributed by atoms with Gasteiger partial charge >= 0.3 is 6.01 Å². The summed E-state index contributed by atoms with van der Waals surface area (Å²) < 4.78 is 16.2. The molecule has 120 valence electrons. The lowest BCUT2D eigenvalue weighted by Gasteiger charge is -2.34. The third-order valence-corrected chi connectivity index (χ3v) is 3.34. The van der Waals surface area contributed by atoms with Gasteiger partial charge in [0.05, 0.1) is 38.8 Å². The van der Waals surface area contributed by atoms with E-state index < -0.39 is 5.60 Å². The Morgan fingerprint density at radius 3 is 2.61 bits per heavy atom. The summed E-state index contributed by atoms with van der Waals surface area (Å²) in [6.45, 7) is 0. The Kier molecular flexibility index (Phi) is 5.20. The highest BCUT2D eigenvalue weighted by Gasteiger charge is 2.38. The monoisotopic (exact) mass is 315 g/mol. The summed E-state index contributed by atoms with van der Waals surface area (Å²) in [4.78, 5) is 8.29. The first-order chi connectivity index (χ1) is 11.2. The zero-order chi connectivity index (χ0) is 16.7. The Hall–Kier alpha value is -3.01. The van der Waals surface area contributed by atoms with E-state index >= 15 is 0 Å². The number of rotatable bonds is 6. The van der Waals surface area contributed by atoms with Crippen LogP contribution in [0.3, 0.4) is 0 Å². The number of nitrogens with zero attached hydrogens (tertiary/aromatic N) is 3. The largest absolute Gasteiger partial charge is 0.481 e. The van der Waals surface area contributed by atoms with Crippen LogP contribution in [0.2, 0.25) is 0 Å². The van der Waals surface area contributed by atoms with Crippen LogP contribution in [-0.4, -0.2) is 41.2 Å². The van der Waals surface area contributed by atoms with E-state index in [0.717, 1.165) is 0 Å². The minimum Gasteiger partial charge on any atom is -0.481 e. The maximum Gasteiger partial charge on any atom is 0.324 e. The van der Waals surface area contributed by atoms with E-state index in [2.05, 4.69) is 21.0 Å². The second kappa shape index (κ2) is 7.31. The summed E-state index contributed by atoms with van der Waals surface area (Å²) in [5.41, 5.74) is -0.965. The molecule has 0 aromatic carbocycles. The predicted molar refractivity (Wildman–Crippen MR) is 84.0 cm³/mol. The van der Waals surface area contributed by atoms with Crippen LogP contribution in [0.1, 0.15) is 6.42 Å². The maximum atomic E-state index is 8.88. The van der Waals surface area contributed by atoms with Crippen LogP contribution >= 0.6 is 0 Å². The maximum absolute atomic E-state index is 8.88. The fourth-order valence-electron chi connectivity index (χ4n) is 2.21. The van der Waals surface area contributed by atoms with E-state index in [1.165, 1.54) is 26.5 Å². The van der Waals surface area contributed by atoms with Crippen molar-refractivity contribution in [3.05, 3.63) is 30.4 Å². The number of ether oxygens (including phenoxy) is 3. The second-order valence-electron chi connectivity index (χ2n) is 4.71. The number of hydrogen-bond donors (Lipinski definition) is 1. The van der Waals surface area contributed by atoms with Crippen LogP contribution in [0.25, 0.3) is 0 Å². The highest BCUT2D eigenvalue weighted by Crippen LogP contribution is 2.32. The van der Waals surface area contributed by atoms with Crippen molar-refractivity contribution >= 4 is 6.21 Å². The molecule has 0 spiro atoms. The number of terminal acetylenes is 1. The molecule has 23 heavy (non-hydrogen) atoms. The first kappa shape index (κ1) is 16.4. The van der Waals surface area contributed by atoms with Crippen molar-refractivity contribution in [2.45, 2.75) is 12.0 Å². The Bertz CT molecular complexity index is 656. The first-order valence-corrected chi connectivity index (χ1v) is 6.80. The van der Waals surface area contributed by atoms with Crippen LogP contribution < -0.4 is 14.2 Å². The second-order valence-corrected chi connectivity index (χ2v) is 4.71. The van der Waals surface area contributed by atoms with Crippen molar-refractivity contribution in [2.75, 3.05) is 14.2 Å². The summed E-state index contributed by atoms with van der Waals surface area (Å²) in [7, 11) is 2.96. The van der Waals surface area contributed by atoms with Gasteiger partial charge in [0.1, 0.15) is 0 Å². The number of methoxy groups -OCH3 is 2. The van der Waals surface area contributed by atoms with Crippen LogP contribution in [0, 0.1) is 18.3 Å². The Morgan fingerprint density at radius 2 is 2.04 bits per heavy atom. The molecule has 7 heteroatoms. The molecule has 0 saturated heterocycles. The van der Waals surface area contributed by atoms with Gasteiger partial charge in [0.15, 0.2) is 5.60 Å². The molecule has 1 N–H and O–H groups in total. The molecule has 1 heterocycles. The molecule has 1 aliphatic carbocycles. The molecule has 0 radical (unpaired) electrons. The molecule has 2 atom stereocenters. The standard InChI is InChI=1S/C16H17N3O4/c1-4-8-16(9-6-5-7-12(16)11-17-20)23-15-18-13(21-2)10-14(19-15)22-3/h1,5-7,9-12,20H,8H2,2-3H3. The normalized spacial score (nSPS) is 22.7. The molecule has 0 fully saturated rings. The molecule has 0 bridgehead atoms. The molecule has 1 aromatic heterocycles. The number of aromatic nitrogens is 2. The molecular formula is C16H17N3O4. The zero-order valence-corrected chi connectivity index (χ0v) is 12.8. The molecule has 2 rings (SSSR count). The van der Waals surface area contributed by atoms with E-state index in [4.69, 9.17) is 25.8 Å². The van der Waals surface area contributed by atoms with Crippen LogP contribution in [0.5, 0.6) is 17.8 Å². The van der Waals surface area contributed by atoms with Gasteiger partial charge in [0, 0.05) is 0 Å². The van der Waals surface area contributed by atoms with Gasteiger partial charge in [-0.3, -0.25) is 0 Å². The topological polar surface area (TPSA) is 86.1 Å². The third-order valence-electron chi connectivity index (χ3n) is 3.34. The van der Waals surface area contributed by atoms with Gasteiger partial charge < -0.3 is 19.4 Å². The molecule has 0 saturated carbocycles. The van der Waals surface area contributed by atoms with Gasteiger partial charge in [0.2, 0.25) is 11.8 Å². The minimum absolute atomic E-state index is 0.0488. The average Bonchev–Trinajstić information content (AvgIpc) is 2.57. The molecule has 2 unspecified atom stereocenters. The molecule has 1 aromatic rings. The number of oxime groups is 1. The summed E-state index contributed by atoms with van der Waals surface area (Å²) in [6, 6.07) is 1.58. The highest BCUT2D eigenvalue weighted by molar-refractivity contribution is 5.66. The molecule has 0 aliphatic heterocycles. The zero-order valence-electron chi connectivity index (χ0n) is 12.8. The summed E-state index contributed by atoms with van der Waals surface area (Å²) in [6.07, 6.45) is 14.3. The van der Waals surface area contributed by atoms with Gasteiger partial charge in [-0.2, -0.15) is 9.97 Å². The van der Waals surface area contributed by atoms with Gasteiger partial charge in [-0.25, -0.2) is 0 Å². The quantitative estimate of drug-likeness (QED) is 0.373. The van der Waals surface area contributed by atoms with Crippen LogP contribution in [0.15, 0.2) is 35.5 Å². The lowest BCUT2D eigenvalue weighted by molar-refractivity contribution is 0.0899. The van der Waals surface area contributed by atoms with E-state index in [-0.39, 0.29) is 18.3 Å². The fourth-order valence-corrected chi connectivity index (χ4v) is 2.21. The van der Waals surface area contributed by atoms with Gasteiger partial charge in [-0.15, -0.1) is 17.5 Å². The van der Waals surface area contributed by atoms with Crippen molar-refractivity contribution < 1.29 is 19.4 Å². The van der Waals surface area contributed by atoms with Gasteiger partial charge in [-0.05, 0) is 6.08 Å². The third kappa shape index (κ3) is 3.61. The average molecular weight is 315 g/mol. The molecule has 1 aliphatic rings. The first-order valence-electron chi connectivity index (χ1n) is 6.80. The van der Waals surface area contributed by atoms with E-state index in [1.807, 2.05) is 12.2 Å². The van der Waals surface area contributed by atoms with E-state index in [9.17, 15) is 0 Å². The number of hydrogen-bond acceptors (Lipinski definition) is 7. The predicted octanol–water partition coefficient (Wildman–Crippen LogP) is 1.84. The van der Waals surface area contributed by atoms with Crippen molar-refractivity contribution in [2.24, 2.45) is 11.1 Å². The highest BCUT2D eigenvalue weighted by atomic mass is 16.5. The Morgan fingerprint density at radius 1 is 1.35 bits per heavy atom. The van der Waals surface area contributed by atoms with Crippen molar-refractivity contribution in [3.8, 4) is 30.1 Å². The smallest absolute Gasteiger partial charge is 0.324 e. The van der Waals surface area contributed by atoms with Gasteiger partial charge in [-0.1, -0.05) is 18.2 Å². The Labute approximate surface area is 134 Å². The van der Waals surface area contributed by atoms with E-state index in [0.29, 0.717) is 11.8 Å². The molecule has 7 nitrogen and oxygen atoms in total.